The number of aryl methyl sites for hydroxylation is 1. The predicted molar refractivity (Wildman–Crippen MR) is 118 cm³/mol. The van der Waals surface area contributed by atoms with Gasteiger partial charge in [0.05, 0.1) is 12.3 Å². The number of hydrogen-bond donors (Lipinski definition) is 2. The third-order valence-corrected chi connectivity index (χ3v) is 4.45. The molecule has 2 N–H and O–H groups in total. The van der Waals surface area contributed by atoms with Crippen LogP contribution in [0.15, 0.2) is 23.2 Å². The summed E-state index contributed by atoms with van der Waals surface area (Å²) >= 11 is 0. The van der Waals surface area contributed by atoms with Gasteiger partial charge in [-0.05, 0) is 64.7 Å². The Hall–Kier alpha value is -2.28. The molecular weight excluding hydrogens is 368 g/mol. The van der Waals surface area contributed by atoms with Crippen molar-refractivity contribution in [3.63, 3.8) is 0 Å². The number of rotatable bonds is 8. The van der Waals surface area contributed by atoms with Gasteiger partial charge >= 0.3 is 6.09 Å². The van der Waals surface area contributed by atoms with Crippen molar-refractivity contribution in [2.24, 2.45) is 4.99 Å². The van der Waals surface area contributed by atoms with Crippen LogP contribution in [0.4, 0.5) is 10.5 Å². The highest BCUT2D eigenvalue weighted by Gasteiger charge is 2.37. The Morgan fingerprint density at radius 3 is 2.55 bits per heavy atom. The summed E-state index contributed by atoms with van der Waals surface area (Å²) in [6.07, 6.45) is 1.77. The van der Waals surface area contributed by atoms with Crippen molar-refractivity contribution < 1.29 is 14.3 Å². The number of anilines is 1. The minimum absolute atomic E-state index is 0.237. The van der Waals surface area contributed by atoms with Crippen molar-refractivity contribution in [3.8, 4) is 0 Å². The number of aliphatic imine (C=N–C) groups is 1. The van der Waals surface area contributed by atoms with Crippen molar-refractivity contribution >= 4 is 17.7 Å². The van der Waals surface area contributed by atoms with Crippen LogP contribution < -0.4 is 15.5 Å². The van der Waals surface area contributed by atoms with Gasteiger partial charge < -0.3 is 20.1 Å². The van der Waals surface area contributed by atoms with Crippen molar-refractivity contribution in [1.82, 2.24) is 10.6 Å². The first kappa shape index (κ1) is 23.0. The Morgan fingerprint density at radius 2 is 2.00 bits per heavy atom. The molecule has 1 amide bonds. The van der Waals surface area contributed by atoms with E-state index in [0.717, 1.165) is 35.6 Å². The molecule has 0 aliphatic heterocycles. The van der Waals surface area contributed by atoms with Gasteiger partial charge in [0.1, 0.15) is 5.60 Å². The molecule has 7 nitrogen and oxygen atoms in total. The topological polar surface area (TPSA) is 75.2 Å². The molecule has 0 saturated heterocycles. The average Bonchev–Trinajstić information content (AvgIpc) is 3.46. The van der Waals surface area contributed by atoms with Gasteiger partial charge in [-0.3, -0.25) is 9.89 Å². The van der Waals surface area contributed by atoms with Gasteiger partial charge in [0.2, 0.25) is 0 Å². The first-order chi connectivity index (χ1) is 13.7. The highest BCUT2D eigenvalue weighted by Crippen LogP contribution is 2.35. The summed E-state index contributed by atoms with van der Waals surface area (Å²) in [6.45, 7) is 12.4. The summed E-state index contributed by atoms with van der Waals surface area (Å²) < 4.78 is 11.0. The number of hydrogen-bond acceptors (Lipinski definition) is 4. The lowest BCUT2D eigenvalue weighted by molar-refractivity contribution is 0.0577. The number of guanidine groups is 1. The molecule has 1 aliphatic rings. The molecule has 0 aromatic heterocycles. The number of benzene rings is 1. The summed E-state index contributed by atoms with van der Waals surface area (Å²) in [7, 11) is 1.75. The van der Waals surface area contributed by atoms with E-state index in [0.29, 0.717) is 26.3 Å². The molecule has 0 radical (unpaired) electrons. The summed E-state index contributed by atoms with van der Waals surface area (Å²) in [5, 5.41) is 6.53. The van der Waals surface area contributed by atoms with Gasteiger partial charge in [0.15, 0.2) is 5.96 Å². The second-order valence-corrected chi connectivity index (χ2v) is 8.25. The van der Waals surface area contributed by atoms with Crippen molar-refractivity contribution in [2.45, 2.75) is 65.6 Å². The third kappa shape index (κ3) is 7.57. The lowest BCUT2D eigenvalue weighted by atomic mass is 10.1. The number of carbonyl (C=O) groups is 1. The molecule has 2 rings (SSSR count). The molecule has 0 atom stereocenters. The minimum Gasteiger partial charge on any atom is -0.443 e. The predicted octanol–water partition coefficient (Wildman–Crippen LogP) is 3.60. The van der Waals surface area contributed by atoms with Crippen LogP contribution in [-0.4, -0.2) is 50.5 Å². The van der Waals surface area contributed by atoms with Crippen LogP contribution in [0.2, 0.25) is 0 Å². The Balaban J connectivity index is 2.00. The maximum atomic E-state index is 12.7. The summed E-state index contributed by atoms with van der Waals surface area (Å²) in [5.74, 6) is 0.736. The molecule has 1 aromatic rings. The molecule has 29 heavy (non-hydrogen) atoms. The van der Waals surface area contributed by atoms with Crippen molar-refractivity contribution in [1.29, 1.82) is 0 Å². The second kappa shape index (κ2) is 10.5. The van der Waals surface area contributed by atoms with E-state index in [-0.39, 0.29) is 12.1 Å². The van der Waals surface area contributed by atoms with Gasteiger partial charge in [-0.15, -0.1) is 0 Å². The first-order valence-corrected chi connectivity index (χ1v) is 10.4. The summed E-state index contributed by atoms with van der Waals surface area (Å²) in [4.78, 5) is 18.8. The zero-order valence-corrected chi connectivity index (χ0v) is 18.7. The monoisotopic (exact) mass is 404 g/mol. The Kier molecular flexibility index (Phi) is 8.32. The Bertz CT molecular complexity index is 708. The molecule has 0 unspecified atom stereocenters. The van der Waals surface area contributed by atoms with Gasteiger partial charge in [-0.25, -0.2) is 4.79 Å². The molecule has 0 spiro atoms. The molecule has 1 aromatic carbocycles. The maximum Gasteiger partial charge on any atom is 0.415 e. The molecular formula is C22H36N4O3. The molecule has 1 fully saturated rings. The average molecular weight is 405 g/mol. The third-order valence-electron chi connectivity index (χ3n) is 4.45. The zero-order valence-electron chi connectivity index (χ0n) is 18.7. The maximum absolute atomic E-state index is 12.7. The lowest BCUT2D eigenvalue weighted by Crippen LogP contribution is -2.39. The Morgan fingerprint density at radius 1 is 1.28 bits per heavy atom. The Labute approximate surface area is 174 Å². The van der Waals surface area contributed by atoms with Crippen molar-refractivity contribution in [3.05, 3.63) is 29.3 Å². The van der Waals surface area contributed by atoms with Crippen molar-refractivity contribution in [2.75, 3.05) is 31.7 Å². The smallest absolute Gasteiger partial charge is 0.415 e. The van der Waals surface area contributed by atoms with Gasteiger partial charge in [0.25, 0.3) is 0 Å². The summed E-state index contributed by atoms with van der Waals surface area (Å²) in [6, 6.07) is 6.40. The largest absolute Gasteiger partial charge is 0.443 e. The van der Waals surface area contributed by atoms with Crippen LogP contribution in [0.5, 0.6) is 0 Å². The fourth-order valence-electron chi connectivity index (χ4n) is 2.98. The van der Waals surface area contributed by atoms with E-state index in [1.54, 1.807) is 7.05 Å². The van der Waals surface area contributed by atoms with E-state index in [1.807, 2.05) is 51.7 Å². The normalized spacial score (nSPS) is 14.5. The van der Waals surface area contributed by atoms with Gasteiger partial charge in [0, 0.05) is 32.8 Å². The first-order valence-electron chi connectivity index (χ1n) is 10.4. The van der Waals surface area contributed by atoms with Crippen LogP contribution in [0.1, 0.15) is 51.7 Å². The number of ether oxygens (including phenoxy) is 2. The van der Waals surface area contributed by atoms with E-state index in [1.165, 1.54) is 0 Å². The van der Waals surface area contributed by atoms with Gasteiger partial charge in [-0.1, -0.05) is 12.1 Å². The molecule has 0 heterocycles. The molecule has 0 bridgehead atoms. The SMILES string of the molecule is CCOCCNC(=NC)NCc1ccc(N(C(=O)OC(C)(C)C)C2CC2)c(C)c1. The van der Waals surface area contributed by atoms with Crippen LogP contribution in [0.25, 0.3) is 0 Å². The zero-order chi connectivity index (χ0) is 21.4. The highest BCUT2D eigenvalue weighted by molar-refractivity contribution is 5.90. The lowest BCUT2D eigenvalue weighted by Gasteiger charge is -2.28. The minimum atomic E-state index is -0.507. The van der Waals surface area contributed by atoms with E-state index < -0.39 is 5.60 Å². The quantitative estimate of drug-likeness (QED) is 0.393. The number of carbonyl (C=O) groups excluding carboxylic acids is 1. The molecule has 162 valence electrons. The van der Waals surface area contributed by atoms with Crippen LogP contribution in [0, 0.1) is 6.92 Å². The van der Waals surface area contributed by atoms with Crippen LogP contribution in [-0.2, 0) is 16.0 Å². The highest BCUT2D eigenvalue weighted by atomic mass is 16.6. The van der Waals surface area contributed by atoms with Crippen LogP contribution >= 0.6 is 0 Å². The van der Waals surface area contributed by atoms with E-state index in [4.69, 9.17) is 9.47 Å². The number of amides is 1. The molecule has 7 heteroatoms. The van der Waals surface area contributed by atoms with Crippen LogP contribution in [0.3, 0.4) is 0 Å². The number of nitrogens with zero attached hydrogens (tertiary/aromatic N) is 2. The van der Waals surface area contributed by atoms with E-state index in [9.17, 15) is 4.79 Å². The number of nitrogens with one attached hydrogen (secondary N) is 2. The second-order valence-electron chi connectivity index (χ2n) is 8.25. The fourth-order valence-corrected chi connectivity index (χ4v) is 2.98. The van der Waals surface area contributed by atoms with Gasteiger partial charge in [-0.2, -0.15) is 0 Å². The molecule has 1 aliphatic carbocycles. The standard InChI is InChI=1S/C22H36N4O3/c1-7-28-13-12-24-20(23-6)25-15-17-8-11-19(16(2)14-17)26(18-9-10-18)21(27)29-22(3,4)5/h8,11,14,18H,7,9-10,12-13,15H2,1-6H3,(H2,23,24,25). The van der Waals surface area contributed by atoms with E-state index >= 15 is 0 Å². The van der Waals surface area contributed by atoms with E-state index in [2.05, 4.69) is 21.7 Å². The molecule has 1 saturated carbocycles. The summed E-state index contributed by atoms with van der Waals surface area (Å²) in [5.41, 5.74) is 2.59. The fraction of sp³-hybridized carbons (Fsp3) is 0.636.